The third-order valence-electron chi connectivity index (χ3n) is 3.72. The maximum absolute atomic E-state index is 3.87. The molecule has 0 saturated heterocycles. The summed E-state index contributed by atoms with van der Waals surface area (Å²) in [5.74, 6) is 2.13. The Morgan fingerprint density at radius 3 is 2.56 bits per heavy atom. The SMILES string of the molecule is CCC(CSC)NC1CC(C)CC(C)(C)C1. The highest BCUT2D eigenvalue weighted by molar-refractivity contribution is 7.98. The molecule has 0 aromatic carbocycles. The van der Waals surface area contributed by atoms with Crippen LogP contribution in [0.5, 0.6) is 0 Å². The van der Waals surface area contributed by atoms with Gasteiger partial charge in [-0.1, -0.05) is 27.7 Å². The van der Waals surface area contributed by atoms with Gasteiger partial charge in [-0.3, -0.25) is 0 Å². The number of thioether (sulfide) groups is 1. The first-order valence-electron chi connectivity index (χ1n) is 6.72. The van der Waals surface area contributed by atoms with Crippen LogP contribution in [0.4, 0.5) is 0 Å². The molecule has 0 radical (unpaired) electrons. The zero-order valence-electron chi connectivity index (χ0n) is 11.7. The Hall–Kier alpha value is 0.310. The molecule has 0 aliphatic heterocycles. The van der Waals surface area contributed by atoms with E-state index in [1.165, 1.54) is 31.4 Å². The summed E-state index contributed by atoms with van der Waals surface area (Å²) in [4.78, 5) is 0. The summed E-state index contributed by atoms with van der Waals surface area (Å²) in [7, 11) is 0. The normalized spacial score (nSPS) is 31.3. The Bertz CT molecular complexity index is 203. The summed E-state index contributed by atoms with van der Waals surface area (Å²) < 4.78 is 0. The van der Waals surface area contributed by atoms with Gasteiger partial charge in [-0.15, -0.1) is 0 Å². The van der Waals surface area contributed by atoms with E-state index in [4.69, 9.17) is 0 Å². The van der Waals surface area contributed by atoms with Crippen molar-refractivity contribution >= 4 is 11.8 Å². The standard InChI is InChI=1S/C14H29NS/c1-6-12(10-16-5)15-13-7-11(2)8-14(3,4)9-13/h11-13,15H,6-10H2,1-5H3. The van der Waals surface area contributed by atoms with Crippen LogP contribution in [0.3, 0.4) is 0 Å². The summed E-state index contributed by atoms with van der Waals surface area (Å²) in [6.07, 6.45) is 7.57. The lowest BCUT2D eigenvalue weighted by Gasteiger charge is -2.40. The molecule has 1 nitrogen and oxygen atoms in total. The minimum absolute atomic E-state index is 0.535. The molecular weight excluding hydrogens is 214 g/mol. The van der Waals surface area contributed by atoms with E-state index in [0.29, 0.717) is 11.5 Å². The molecule has 1 saturated carbocycles. The molecule has 0 aromatic heterocycles. The molecule has 1 fully saturated rings. The van der Waals surface area contributed by atoms with Crippen molar-refractivity contribution in [3.63, 3.8) is 0 Å². The second-order valence-electron chi connectivity index (χ2n) is 6.34. The molecule has 3 unspecified atom stereocenters. The smallest absolute Gasteiger partial charge is 0.0158 e. The van der Waals surface area contributed by atoms with Crippen molar-refractivity contribution in [2.75, 3.05) is 12.0 Å². The van der Waals surface area contributed by atoms with Crippen LogP contribution in [0.25, 0.3) is 0 Å². The molecule has 96 valence electrons. The quantitative estimate of drug-likeness (QED) is 0.785. The summed E-state index contributed by atoms with van der Waals surface area (Å²) in [5, 5.41) is 3.87. The van der Waals surface area contributed by atoms with E-state index in [0.717, 1.165) is 12.0 Å². The predicted octanol–water partition coefficient (Wildman–Crippen LogP) is 3.93. The Morgan fingerprint density at radius 1 is 1.38 bits per heavy atom. The molecule has 2 heteroatoms. The Balaban J connectivity index is 2.46. The van der Waals surface area contributed by atoms with Crippen molar-refractivity contribution in [2.45, 2.75) is 65.5 Å². The highest BCUT2D eigenvalue weighted by Crippen LogP contribution is 2.38. The first kappa shape index (κ1) is 14.4. The number of hydrogen-bond acceptors (Lipinski definition) is 2. The predicted molar refractivity (Wildman–Crippen MR) is 76.2 cm³/mol. The molecule has 1 aliphatic rings. The zero-order valence-corrected chi connectivity index (χ0v) is 12.5. The van der Waals surface area contributed by atoms with E-state index in [1.807, 2.05) is 11.8 Å². The van der Waals surface area contributed by atoms with Gasteiger partial charge in [0.1, 0.15) is 0 Å². The third kappa shape index (κ3) is 4.67. The van der Waals surface area contributed by atoms with Crippen molar-refractivity contribution in [2.24, 2.45) is 11.3 Å². The molecule has 0 heterocycles. The van der Waals surface area contributed by atoms with Gasteiger partial charge in [0.05, 0.1) is 0 Å². The first-order chi connectivity index (χ1) is 7.46. The van der Waals surface area contributed by atoms with E-state index in [2.05, 4.69) is 39.3 Å². The van der Waals surface area contributed by atoms with Crippen LogP contribution < -0.4 is 5.32 Å². The van der Waals surface area contributed by atoms with Crippen LogP contribution in [-0.2, 0) is 0 Å². The molecule has 0 spiro atoms. The Kier molecular flexibility index (Phi) is 5.66. The van der Waals surface area contributed by atoms with Gasteiger partial charge in [0.2, 0.25) is 0 Å². The minimum atomic E-state index is 0.535. The molecule has 3 atom stereocenters. The van der Waals surface area contributed by atoms with Crippen LogP contribution in [0.1, 0.15) is 53.4 Å². The monoisotopic (exact) mass is 243 g/mol. The van der Waals surface area contributed by atoms with Crippen LogP contribution in [0.15, 0.2) is 0 Å². The van der Waals surface area contributed by atoms with Crippen LogP contribution in [0, 0.1) is 11.3 Å². The second-order valence-corrected chi connectivity index (χ2v) is 7.25. The summed E-state index contributed by atoms with van der Waals surface area (Å²) in [5.41, 5.74) is 0.535. The maximum Gasteiger partial charge on any atom is 0.0158 e. The summed E-state index contributed by atoms with van der Waals surface area (Å²) >= 11 is 1.96. The van der Waals surface area contributed by atoms with Gasteiger partial charge in [-0.05, 0) is 43.3 Å². The molecule has 0 bridgehead atoms. The van der Waals surface area contributed by atoms with E-state index in [-0.39, 0.29) is 0 Å². The molecule has 0 amide bonds. The average Bonchev–Trinajstić information content (AvgIpc) is 2.13. The Labute approximate surface area is 106 Å². The number of nitrogens with one attached hydrogen (secondary N) is 1. The van der Waals surface area contributed by atoms with Crippen molar-refractivity contribution in [3.8, 4) is 0 Å². The van der Waals surface area contributed by atoms with Gasteiger partial charge in [0.15, 0.2) is 0 Å². The molecule has 1 aliphatic carbocycles. The van der Waals surface area contributed by atoms with E-state index < -0.39 is 0 Å². The minimum Gasteiger partial charge on any atom is -0.310 e. The molecule has 16 heavy (non-hydrogen) atoms. The summed E-state index contributed by atoms with van der Waals surface area (Å²) in [6, 6.07) is 1.46. The molecule has 1 N–H and O–H groups in total. The Morgan fingerprint density at radius 2 is 2.06 bits per heavy atom. The van der Waals surface area contributed by atoms with Gasteiger partial charge in [0.25, 0.3) is 0 Å². The fraction of sp³-hybridized carbons (Fsp3) is 1.00. The fourth-order valence-corrected chi connectivity index (χ4v) is 4.03. The van der Waals surface area contributed by atoms with Gasteiger partial charge < -0.3 is 5.32 Å². The third-order valence-corrected chi connectivity index (χ3v) is 4.45. The van der Waals surface area contributed by atoms with E-state index >= 15 is 0 Å². The summed E-state index contributed by atoms with van der Waals surface area (Å²) in [6.45, 7) is 9.55. The van der Waals surface area contributed by atoms with E-state index in [9.17, 15) is 0 Å². The van der Waals surface area contributed by atoms with Gasteiger partial charge in [0, 0.05) is 17.8 Å². The van der Waals surface area contributed by atoms with Crippen LogP contribution in [0.2, 0.25) is 0 Å². The first-order valence-corrected chi connectivity index (χ1v) is 8.11. The lowest BCUT2D eigenvalue weighted by molar-refractivity contribution is 0.145. The van der Waals surface area contributed by atoms with Crippen LogP contribution >= 0.6 is 11.8 Å². The van der Waals surface area contributed by atoms with Crippen LogP contribution in [-0.4, -0.2) is 24.1 Å². The second kappa shape index (κ2) is 6.30. The largest absolute Gasteiger partial charge is 0.310 e. The molecular formula is C14H29NS. The lowest BCUT2D eigenvalue weighted by Crippen LogP contribution is -2.45. The van der Waals surface area contributed by atoms with Crippen molar-refractivity contribution < 1.29 is 0 Å². The lowest BCUT2D eigenvalue weighted by atomic mass is 9.70. The van der Waals surface area contributed by atoms with Gasteiger partial charge >= 0.3 is 0 Å². The fourth-order valence-electron chi connectivity index (χ4n) is 3.29. The highest BCUT2D eigenvalue weighted by atomic mass is 32.2. The number of rotatable bonds is 5. The van der Waals surface area contributed by atoms with Crippen molar-refractivity contribution in [1.29, 1.82) is 0 Å². The molecule has 1 rings (SSSR count). The van der Waals surface area contributed by atoms with Crippen molar-refractivity contribution in [3.05, 3.63) is 0 Å². The van der Waals surface area contributed by atoms with Gasteiger partial charge in [-0.2, -0.15) is 11.8 Å². The highest BCUT2D eigenvalue weighted by Gasteiger charge is 2.32. The number of hydrogen-bond donors (Lipinski definition) is 1. The van der Waals surface area contributed by atoms with E-state index in [1.54, 1.807) is 0 Å². The average molecular weight is 243 g/mol. The zero-order chi connectivity index (χ0) is 12.2. The maximum atomic E-state index is 3.87. The van der Waals surface area contributed by atoms with Crippen molar-refractivity contribution in [1.82, 2.24) is 5.32 Å². The molecule has 0 aromatic rings. The van der Waals surface area contributed by atoms with Gasteiger partial charge in [-0.25, -0.2) is 0 Å². The topological polar surface area (TPSA) is 12.0 Å².